The molecule has 1 aromatic rings. The van der Waals surface area contributed by atoms with Crippen molar-refractivity contribution in [2.24, 2.45) is 0 Å². The summed E-state index contributed by atoms with van der Waals surface area (Å²) in [5.41, 5.74) is 0.978. The van der Waals surface area contributed by atoms with Gasteiger partial charge in [-0.15, -0.1) is 0 Å². The standard InChI is InChI=1S/C14H19NO4S/c1-2-12-10-15(6-8-18-12)20(16,17)13-3-4-14-11(9-13)5-7-19-14/h3-4,9,12H,2,5-8,10H2,1H3/t12-/m1/s1. The molecular formula is C14H19NO4S. The number of sulfonamides is 1. The topological polar surface area (TPSA) is 55.8 Å². The maximum absolute atomic E-state index is 12.7. The molecule has 1 aromatic carbocycles. The molecule has 0 saturated carbocycles. The van der Waals surface area contributed by atoms with E-state index in [1.54, 1.807) is 18.2 Å². The molecule has 0 amide bonds. The van der Waals surface area contributed by atoms with Crippen molar-refractivity contribution in [1.29, 1.82) is 0 Å². The van der Waals surface area contributed by atoms with E-state index in [0.29, 0.717) is 31.2 Å². The Morgan fingerprint density at radius 1 is 1.35 bits per heavy atom. The van der Waals surface area contributed by atoms with E-state index in [1.165, 1.54) is 4.31 Å². The second kappa shape index (κ2) is 5.35. The van der Waals surface area contributed by atoms with Gasteiger partial charge in [0.25, 0.3) is 0 Å². The zero-order valence-electron chi connectivity index (χ0n) is 11.5. The highest BCUT2D eigenvalue weighted by Crippen LogP contribution is 2.29. The van der Waals surface area contributed by atoms with Crippen molar-refractivity contribution in [2.75, 3.05) is 26.3 Å². The van der Waals surface area contributed by atoms with Crippen LogP contribution in [0.25, 0.3) is 0 Å². The van der Waals surface area contributed by atoms with Crippen molar-refractivity contribution in [2.45, 2.75) is 30.8 Å². The Labute approximate surface area is 119 Å². The molecule has 1 atom stereocenters. The summed E-state index contributed by atoms with van der Waals surface area (Å²) >= 11 is 0. The number of rotatable bonds is 3. The number of ether oxygens (including phenoxy) is 2. The Kier molecular flexibility index (Phi) is 3.70. The second-order valence-corrected chi connectivity index (χ2v) is 7.07. The molecule has 2 heterocycles. The largest absolute Gasteiger partial charge is 0.493 e. The summed E-state index contributed by atoms with van der Waals surface area (Å²) in [5, 5.41) is 0. The smallest absolute Gasteiger partial charge is 0.243 e. The van der Waals surface area contributed by atoms with Crippen molar-refractivity contribution in [3.05, 3.63) is 23.8 Å². The third-order valence-electron chi connectivity index (χ3n) is 3.86. The first-order valence-corrected chi connectivity index (χ1v) is 8.42. The highest BCUT2D eigenvalue weighted by Gasteiger charge is 2.30. The van der Waals surface area contributed by atoms with Crippen LogP contribution in [0.2, 0.25) is 0 Å². The second-order valence-electron chi connectivity index (χ2n) is 5.13. The fourth-order valence-corrected chi connectivity index (χ4v) is 4.14. The van der Waals surface area contributed by atoms with Gasteiger partial charge in [0.1, 0.15) is 5.75 Å². The van der Waals surface area contributed by atoms with Crippen molar-refractivity contribution in [3.63, 3.8) is 0 Å². The molecule has 6 heteroatoms. The highest BCUT2D eigenvalue weighted by molar-refractivity contribution is 7.89. The lowest BCUT2D eigenvalue weighted by atomic mass is 10.2. The molecule has 5 nitrogen and oxygen atoms in total. The maximum Gasteiger partial charge on any atom is 0.243 e. The third kappa shape index (κ3) is 2.43. The summed E-state index contributed by atoms with van der Waals surface area (Å²) in [6.45, 7) is 3.96. The van der Waals surface area contributed by atoms with Crippen molar-refractivity contribution in [1.82, 2.24) is 4.31 Å². The van der Waals surface area contributed by atoms with Gasteiger partial charge in [-0.3, -0.25) is 0 Å². The van der Waals surface area contributed by atoms with E-state index < -0.39 is 10.0 Å². The zero-order chi connectivity index (χ0) is 14.2. The predicted molar refractivity (Wildman–Crippen MR) is 74.4 cm³/mol. The Bertz CT molecular complexity index is 599. The first-order chi connectivity index (χ1) is 9.61. The Hall–Kier alpha value is -1.11. The summed E-state index contributed by atoms with van der Waals surface area (Å²) in [6.07, 6.45) is 1.60. The summed E-state index contributed by atoms with van der Waals surface area (Å²) in [5.74, 6) is 0.803. The first kappa shape index (κ1) is 13.9. The Balaban J connectivity index is 1.87. The fraction of sp³-hybridized carbons (Fsp3) is 0.571. The van der Waals surface area contributed by atoms with Crippen LogP contribution in [0.1, 0.15) is 18.9 Å². The molecule has 1 saturated heterocycles. The van der Waals surface area contributed by atoms with E-state index in [1.807, 2.05) is 6.92 Å². The van der Waals surface area contributed by atoms with Gasteiger partial charge in [-0.05, 0) is 30.2 Å². The third-order valence-corrected chi connectivity index (χ3v) is 5.72. The van der Waals surface area contributed by atoms with Crippen LogP contribution in [0.15, 0.2) is 23.1 Å². The van der Waals surface area contributed by atoms with Crippen LogP contribution in [0.4, 0.5) is 0 Å². The fourth-order valence-electron chi connectivity index (χ4n) is 2.63. The van der Waals surface area contributed by atoms with Gasteiger partial charge >= 0.3 is 0 Å². The van der Waals surface area contributed by atoms with Gasteiger partial charge in [0.2, 0.25) is 10.0 Å². The number of hydrogen-bond donors (Lipinski definition) is 0. The highest BCUT2D eigenvalue weighted by atomic mass is 32.2. The molecule has 0 unspecified atom stereocenters. The molecule has 0 radical (unpaired) electrons. The molecule has 0 spiro atoms. The number of hydrogen-bond acceptors (Lipinski definition) is 4. The molecule has 1 fully saturated rings. The van der Waals surface area contributed by atoms with Crippen molar-refractivity contribution >= 4 is 10.0 Å². The first-order valence-electron chi connectivity index (χ1n) is 6.98. The lowest BCUT2D eigenvalue weighted by Gasteiger charge is -2.31. The SMILES string of the molecule is CC[C@@H]1CN(S(=O)(=O)c2ccc3c(c2)CCO3)CCO1. The minimum Gasteiger partial charge on any atom is -0.493 e. The van der Waals surface area contributed by atoms with Crippen LogP contribution in [-0.4, -0.2) is 45.1 Å². The molecule has 3 rings (SSSR count). The average molecular weight is 297 g/mol. The summed E-state index contributed by atoms with van der Waals surface area (Å²) < 4.78 is 37.8. The van der Waals surface area contributed by atoms with Crippen molar-refractivity contribution in [3.8, 4) is 5.75 Å². The van der Waals surface area contributed by atoms with Gasteiger partial charge in [-0.25, -0.2) is 8.42 Å². The molecule has 2 aliphatic heterocycles. The van der Waals surface area contributed by atoms with Gasteiger partial charge < -0.3 is 9.47 Å². The van der Waals surface area contributed by atoms with Crippen LogP contribution in [0, 0.1) is 0 Å². The summed E-state index contributed by atoms with van der Waals surface area (Å²) in [7, 11) is -3.43. The van der Waals surface area contributed by atoms with E-state index in [0.717, 1.165) is 24.2 Å². The van der Waals surface area contributed by atoms with E-state index in [9.17, 15) is 8.42 Å². The van der Waals surface area contributed by atoms with Gasteiger partial charge in [0.05, 0.1) is 24.2 Å². The van der Waals surface area contributed by atoms with E-state index in [-0.39, 0.29) is 6.10 Å². The monoisotopic (exact) mass is 297 g/mol. The summed E-state index contributed by atoms with van der Waals surface area (Å²) in [6, 6.07) is 5.14. The maximum atomic E-state index is 12.7. The van der Waals surface area contributed by atoms with E-state index >= 15 is 0 Å². The zero-order valence-corrected chi connectivity index (χ0v) is 12.4. The molecule has 0 N–H and O–H groups in total. The number of morpholine rings is 1. The summed E-state index contributed by atoms with van der Waals surface area (Å²) in [4.78, 5) is 0.360. The van der Waals surface area contributed by atoms with Crippen LogP contribution in [0.3, 0.4) is 0 Å². The van der Waals surface area contributed by atoms with Gasteiger partial charge in [-0.1, -0.05) is 6.92 Å². The van der Waals surface area contributed by atoms with E-state index in [2.05, 4.69) is 0 Å². The number of benzene rings is 1. The normalized spacial score (nSPS) is 23.4. The Morgan fingerprint density at radius 2 is 2.20 bits per heavy atom. The molecule has 2 aliphatic rings. The minimum atomic E-state index is -3.43. The van der Waals surface area contributed by atoms with E-state index in [4.69, 9.17) is 9.47 Å². The van der Waals surface area contributed by atoms with Gasteiger partial charge in [0.15, 0.2) is 0 Å². The Morgan fingerprint density at radius 3 is 3.00 bits per heavy atom. The van der Waals surface area contributed by atoms with Gasteiger partial charge in [0, 0.05) is 19.5 Å². The number of nitrogens with zero attached hydrogens (tertiary/aromatic N) is 1. The molecule has 0 bridgehead atoms. The van der Waals surface area contributed by atoms with Crippen LogP contribution < -0.4 is 4.74 Å². The molecular weight excluding hydrogens is 278 g/mol. The molecule has 0 aromatic heterocycles. The van der Waals surface area contributed by atoms with Crippen LogP contribution in [-0.2, 0) is 21.2 Å². The molecule has 0 aliphatic carbocycles. The van der Waals surface area contributed by atoms with Crippen LogP contribution in [0.5, 0.6) is 5.75 Å². The average Bonchev–Trinajstić information content (AvgIpc) is 2.94. The lowest BCUT2D eigenvalue weighted by Crippen LogP contribution is -2.45. The quantitative estimate of drug-likeness (QED) is 0.847. The predicted octanol–water partition coefficient (Wildman–Crippen LogP) is 1.42. The molecule has 110 valence electrons. The minimum absolute atomic E-state index is 0.00344. The van der Waals surface area contributed by atoms with Crippen molar-refractivity contribution < 1.29 is 17.9 Å². The number of fused-ring (bicyclic) bond motifs is 1. The van der Waals surface area contributed by atoms with Crippen LogP contribution >= 0.6 is 0 Å². The van der Waals surface area contributed by atoms with Gasteiger partial charge in [-0.2, -0.15) is 4.31 Å². The lowest BCUT2D eigenvalue weighted by molar-refractivity contribution is -0.00277. The molecule has 20 heavy (non-hydrogen) atoms.